The zero-order valence-electron chi connectivity index (χ0n) is 13.5. The number of H-pyrrole nitrogens is 1. The van der Waals surface area contributed by atoms with Gasteiger partial charge in [0.15, 0.2) is 11.6 Å². The van der Waals surface area contributed by atoms with Crippen molar-refractivity contribution in [3.05, 3.63) is 52.7 Å². The lowest BCUT2D eigenvalue weighted by Gasteiger charge is -2.09. The number of nitrogens with one attached hydrogen (secondary N) is 2. The van der Waals surface area contributed by atoms with Gasteiger partial charge in [-0.3, -0.25) is 0 Å². The predicted octanol–water partition coefficient (Wildman–Crippen LogP) is 5.75. The minimum Gasteiger partial charge on any atom is -0.359 e. The van der Waals surface area contributed by atoms with Gasteiger partial charge in [-0.1, -0.05) is 11.6 Å². The molecule has 0 unspecified atom stereocenters. The van der Waals surface area contributed by atoms with Crippen LogP contribution in [0, 0.1) is 11.6 Å². The first-order valence-corrected chi connectivity index (χ1v) is 8.00. The Bertz CT molecular complexity index is 1190. The third-order valence-corrected chi connectivity index (χ3v) is 4.47. The van der Waals surface area contributed by atoms with Gasteiger partial charge >= 0.3 is 6.18 Å². The number of anilines is 2. The van der Waals surface area contributed by atoms with Gasteiger partial charge in [0.05, 0.1) is 16.8 Å². The zero-order valence-corrected chi connectivity index (χ0v) is 14.3. The Hall–Kier alpha value is -2.81. The summed E-state index contributed by atoms with van der Waals surface area (Å²) in [6.07, 6.45) is -3.42. The van der Waals surface area contributed by atoms with Crippen LogP contribution in [0.4, 0.5) is 33.6 Å². The number of nitrogens with zero attached hydrogens (tertiary/aromatic N) is 2. The van der Waals surface area contributed by atoms with E-state index in [4.69, 9.17) is 11.6 Å². The maximum Gasteiger partial charge on any atom is 0.419 e. The van der Waals surface area contributed by atoms with Crippen LogP contribution in [-0.2, 0) is 13.2 Å². The van der Waals surface area contributed by atoms with Crippen molar-refractivity contribution in [3.63, 3.8) is 0 Å². The van der Waals surface area contributed by atoms with Crippen molar-refractivity contribution in [1.82, 2.24) is 14.5 Å². The number of fused-ring (bicyclic) bond motifs is 2. The molecular formula is C17H10ClF5N4. The fourth-order valence-corrected chi connectivity index (χ4v) is 3.11. The number of halogens is 6. The third-order valence-electron chi connectivity index (χ3n) is 4.24. The number of alkyl halides is 3. The van der Waals surface area contributed by atoms with Gasteiger partial charge in [0.2, 0.25) is 5.95 Å². The number of imidazole rings is 1. The van der Waals surface area contributed by atoms with Crippen molar-refractivity contribution in [3.8, 4) is 0 Å². The van der Waals surface area contributed by atoms with Gasteiger partial charge in [-0.25, -0.2) is 13.8 Å². The van der Waals surface area contributed by atoms with Crippen LogP contribution in [-0.4, -0.2) is 14.5 Å². The molecule has 0 saturated carbocycles. The fraction of sp³-hybridized carbons (Fsp3) is 0.118. The van der Waals surface area contributed by atoms with E-state index in [-0.39, 0.29) is 17.0 Å². The van der Waals surface area contributed by atoms with Crippen LogP contribution >= 0.6 is 11.6 Å². The summed E-state index contributed by atoms with van der Waals surface area (Å²) in [5, 5.41) is 4.10. The van der Waals surface area contributed by atoms with Gasteiger partial charge in [0.1, 0.15) is 5.52 Å². The highest BCUT2D eigenvalue weighted by molar-refractivity contribution is 6.31. The van der Waals surface area contributed by atoms with Gasteiger partial charge in [0.25, 0.3) is 0 Å². The molecule has 0 radical (unpaired) electrons. The average molecular weight is 401 g/mol. The quantitative estimate of drug-likeness (QED) is 0.421. The molecule has 0 bridgehead atoms. The Balaban J connectivity index is 1.86. The molecule has 0 aliphatic heterocycles. The van der Waals surface area contributed by atoms with E-state index in [2.05, 4.69) is 15.3 Å². The SMILES string of the molecule is Cn1c(Nc2c[nH]c3ccc(Cl)cc23)nc2cc(C(F)(F)F)c(F)c(F)c21. The molecule has 2 aromatic carbocycles. The molecule has 4 aromatic rings. The summed E-state index contributed by atoms with van der Waals surface area (Å²) in [4.78, 5) is 6.99. The van der Waals surface area contributed by atoms with Crippen LogP contribution in [0.2, 0.25) is 5.02 Å². The van der Waals surface area contributed by atoms with Crippen molar-refractivity contribution < 1.29 is 22.0 Å². The number of hydrogen-bond acceptors (Lipinski definition) is 2. The van der Waals surface area contributed by atoms with Crippen LogP contribution in [0.1, 0.15) is 5.56 Å². The maximum atomic E-state index is 14.3. The molecule has 0 atom stereocenters. The maximum absolute atomic E-state index is 14.3. The molecule has 2 N–H and O–H groups in total. The Morgan fingerprint density at radius 3 is 2.59 bits per heavy atom. The first-order chi connectivity index (χ1) is 12.7. The van der Waals surface area contributed by atoms with Crippen LogP contribution < -0.4 is 5.32 Å². The summed E-state index contributed by atoms with van der Waals surface area (Å²) < 4.78 is 68.0. The van der Waals surface area contributed by atoms with E-state index in [1.165, 1.54) is 7.05 Å². The van der Waals surface area contributed by atoms with Crippen molar-refractivity contribution in [2.75, 3.05) is 5.32 Å². The number of aromatic amines is 1. The highest BCUT2D eigenvalue weighted by Gasteiger charge is 2.37. The van der Waals surface area contributed by atoms with Crippen LogP contribution in [0.25, 0.3) is 21.9 Å². The van der Waals surface area contributed by atoms with E-state index in [0.717, 1.165) is 10.1 Å². The van der Waals surface area contributed by atoms with Crippen molar-refractivity contribution >= 4 is 45.2 Å². The Morgan fingerprint density at radius 1 is 1.15 bits per heavy atom. The second-order valence-corrected chi connectivity index (χ2v) is 6.37. The standard InChI is InChI=1S/C17H10ClF5N4/c1-27-15-11(5-9(17(21,22)23)13(19)14(15)20)25-16(27)26-12-6-24-10-3-2-7(18)4-8(10)12/h2-6,24H,1H3,(H,25,26). The fourth-order valence-electron chi connectivity index (χ4n) is 2.94. The van der Waals surface area contributed by atoms with Gasteiger partial charge in [-0.2, -0.15) is 13.2 Å². The van der Waals surface area contributed by atoms with E-state index < -0.39 is 23.4 Å². The molecular weight excluding hydrogens is 391 g/mol. The molecule has 0 saturated heterocycles. The number of aromatic nitrogens is 3. The molecule has 0 amide bonds. The van der Waals surface area contributed by atoms with Gasteiger partial charge in [-0.15, -0.1) is 0 Å². The molecule has 4 rings (SSSR count). The van der Waals surface area contributed by atoms with Gasteiger partial charge in [-0.05, 0) is 24.3 Å². The zero-order chi connectivity index (χ0) is 19.5. The van der Waals surface area contributed by atoms with Gasteiger partial charge in [0, 0.05) is 29.2 Å². The molecule has 0 aliphatic rings. The average Bonchev–Trinajstić information content (AvgIpc) is 3.12. The minimum atomic E-state index is -5.03. The first-order valence-electron chi connectivity index (χ1n) is 7.62. The molecule has 140 valence electrons. The van der Waals surface area contributed by atoms with E-state index in [9.17, 15) is 22.0 Å². The highest BCUT2D eigenvalue weighted by Crippen LogP contribution is 2.37. The normalized spacial score (nSPS) is 12.3. The molecule has 2 heterocycles. The van der Waals surface area contributed by atoms with Crippen LogP contribution in [0.5, 0.6) is 0 Å². The lowest BCUT2D eigenvalue weighted by Crippen LogP contribution is -2.10. The number of hydrogen-bond donors (Lipinski definition) is 2. The summed E-state index contributed by atoms with van der Waals surface area (Å²) in [6.45, 7) is 0. The molecule has 4 nitrogen and oxygen atoms in total. The predicted molar refractivity (Wildman–Crippen MR) is 92.2 cm³/mol. The Kier molecular flexibility index (Phi) is 3.81. The smallest absolute Gasteiger partial charge is 0.359 e. The highest BCUT2D eigenvalue weighted by atomic mass is 35.5. The summed E-state index contributed by atoms with van der Waals surface area (Å²) in [5.41, 5.74) is -1.10. The van der Waals surface area contributed by atoms with Crippen molar-refractivity contribution in [2.24, 2.45) is 7.05 Å². The second kappa shape index (κ2) is 5.85. The topological polar surface area (TPSA) is 45.6 Å². The molecule has 10 heteroatoms. The molecule has 0 aliphatic carbocycles. The van der Waals surface area contributed by atoms with E-state index in [1.54, 1.807) is 24.4 Å². The third kappa shape index (κ3) is 2.78. The van der Waals surface area contributed by atoms with E-state index >= 15 is 0 Å². The van der Waals surface area contributed by atoms with E-state index in [0.29, 0.717) is 22.2 Å². The summed E-state index contributed by atoms with van der Waals surface area (Å²) in [6, 6.07) is 5.61. The minimum absolute atomic E-state index is 0.0449. The molecule has 0 spiro atoms. The molecule has 0 fully saturated rings. The molecule has 27 heavy (non-hydrogen) atoms. The van der Waals surface area contributed by atoms with Crippen LogP contribution in [0.15, 0.2) is 30.5 Å². The summed E-state index contributed by atoms with van der Waals surface area (Å²) >= 11 is 5.98. The largest absolute Gasteiger partial charge is 0.419 e. The Morgan fingerprint density at radius 2 is 1.89 bits per heavy atom. The lowest BCUT2D eigenvalue weighted by atomic mass is 10.1. The number of aryl methyl sites for hydroxylation is 1. The van der Waals surface area contributed by atoms with E-state index in [1.807, 2.05) is 0 Å². The summed E-state index contributed by atoms with van der Waals surface area (Å²) in [7, 11) is 1.37. The lowest BCUT2D eigenvalue weighted by molar-refractivity contribution is -0.140. The first kappa shape index (κ1) is 17.6. The number of rotatable bonds is 2. The molecule has 2 aromatic heterocycles. The monoisotopic (exact) mass is 400 g/mol. The van der Waals surface area contributed by atoms with Gasteiger partial charge < -0.3 is 14.9 Å². The van der Waals surface area contributed by atoms with Crippen LogP contribution in [0.3, 0.4) is 0 Å². The second-order valence-electron chi connectivity index (χ2n) is 5.93. The van der Waals surface area contributed by atoms with Crippen molar-refractivity contribution in [2.45, 2.75) is 6.18 Å². The summed E-state index contributed by atoms with van der Waals surface area (Å²) in [5.74, 6) is -3.52. The van der Waals surface area contributed by atoms with Crippen molar-refractivity contribution in [1.29, 1.82) is 0 Å². The Labute approximate surface area is 153 Å². The number of benzene rings is 2.